The number of nitrogens with zero attached hydrogens (tertiary/aromatic N) is 1. The minimum atomic E-state index is -3.68. The van der Waals surface area contributed by atoms with Crippen LogP contribution in [-0.2, 0) is 20.2 Å². The first kappa shape index (κ1) is 23.5. The number of carbonyl (C=O) groups excluding carboxylic acids is 1. The van der Waals surface area contributed by atoms with Gasteiger partial charge in [-0.3, -0.25) is 9.10 Å². The SMILES string of the molecule is COc1ccccc1N(CC(=O)NCCOc1ccccc1C(C)(C)C)S(C)(=O)=O. The van der Waals surface area contributed by atoms with Gasteiger partial charge < -0.3 is 14.8 Å². The lowest BCUT2D eigenvalue weighted by Crippen LogP contribution is -2.41. The lowest BCUT2D eigenvalue weighted by atomic mass is 9.86. The van der Waals surface area contributed by atoms with Gasteiger partial charge in [0.25, 0.3) is 0 Å². The van der Waals surface area contributed by atoms with Gasteiger partial charge in [0.05, 0.1) is 25.6 Å². The van der Waals surface area contributed by atoms with Gasteiger partial charge in [0, 0.05) is 0 Å². The molecule has 0 saturated carbocycles. The minimum Gasteiger partial charge on any atom is -0.495 e. The fourth-order valence-corrected chi connectivity index (χ4v) is 3.83. The van der Waals surface area contributed by atoms with E-state index in [4.69, 9.17) is 9.47 Å². The Balaban J connectivity index is 1.98. The van der Waals surface area contributed by atoms with E-state index in [0.717, 1.165) is 21.9 Å². The number of rotatable bonds is 9. The summed E-state index contributed by atoms with van der Waals surface area (Å²) in [7, 11) is -2.23. The predicted molar refractivity (Wildman–Crippen MR) is 119 cm³/mol. The van der Waals surface area contributed by atoms with E-state index in [2.05, 4.69) is 26.1 Å². The topological polar surface area (TPSA) is 84.9 Å². The van der Waals surface area contributed by atoms with Crippen molar-refractivity contribution in [1.82, 2.24) is 5.32 Å². The zero-order chi connectivity index (χ0) is 22.4. The standard InChI is InChI=1S/C22H30N2O5S/c1-22(2,3)17-10-6-8-12-19(17)29-15-14-23-21(25)16-24(30(5,26)27)18-11-7-9-13-20(18)28-4/h6-13H,14-16H2,1-5H3,(H,23,25). The first-order chi connectivity index (χ1) is 14.0. The molecule has 0 atom stereocenters. The van der Waals surface area contributed by atoms with Gasteiger partial charge in [0.15, 0.2) is 0 Å². The molecule has 30 heavy (non-hydrogen) atoms. The van der Waals surface area contributed by atoms with Crippen LogP contribution in [0.25, 0.3) is 0 Å². The van der Waals surface area contributed by atoms with Gasteiger partial charge in [-0.05, 0) is 29.2 Å². The zero-order valence-electron chi connectivity index (χ0n) is 18.1. The molecule has 0 spiro atoms. The van der Waals surface area contributed by atoms with Gasteiger partial charge in [-0.1, -0.05) is 51.1 Å². The lowest BCUT2D eigenvalue weighted by Gasteiger charge is -2.24. The molecule has 2 aromatic carbocycles. The second-order valence-corrected chi connectivity index (χ2v) is 9.79. The Kier molecular flexibility index (Phi) is 7.72. The predicted octanol–water partition coefficient (Wildman–Crippen LogP) is 2.95. The van der Waals surface area contributed by atoms with E-state index in [1.807, 2.05) is 24.3 Å². The monoisotopic (exact) mass is 434 g/mol. The highest BCUT2D eigenvalue weighted by Crippen LogP contribution is 2.31. The Labute approximate surface area is 179 Å². The van der Waals surface area contributed by atoms with E-state index in [1.165, 1.54) is 7.11 Å². The third-order valence-electron chi connectivity index (χ3n) is 4.42. The average molecular weight is 435 g/mol. The van der Waals surface area contributed by atoms with Crippen LogP contribution < -0.4 is 19.1 Å². The Morgan fingerprint density at radius 1 is 1.03 bits per heavy atom. The van der Waals surface area contributed by atoms with Gasteiger partial charge >= 0.3 is 0 Å². The molecule has 1 N–H and O–H groups in total. The quantitative estimate of drug-likeness (QED) is 0.614. The van der Waals surface area contributed by atoms with E-state index in [0.29, 0.717) is 11.4 Å². The first-order valence-electron chi connectivity index (χ1n) is 9.64. The lowest BCUT2D eigenvalue weighted by molar-refractivity contribution is -0.119. The van der Waals surface area contributed by atoms with Crippen LogP contribution in [0, 0.1) is 0 Å². The molecule has 0 saturated heterocycles. The molecule has 0 aromatic heterocycles. The summed E-state index contributed by atoms with van der Waals surface area (Å²) >= 11 is 0. The van der Waals surface area contributed by atoms with Gasteiger partial charge in [-0.2, -0.15) is 0 Å². The Morgan fingerprint density at radius 3 is 2.23 bits per heavy atom. The second-order valence-electron chi connectivity index (χ2n) is 7.89. The molecule has 0 unspecified atom stereocenters. The largest absolute Gasteiger partial charge is 0.495 e. The fraction of sp³-hybridized carbons (Fsp3) is 0.409. The van der Waals surface area contributed by atoms with Crippen LogP contribution in [0.5, 0.6) is 11.5 Å². The fourth-order valence-electron chi connectivity index (χ4n) is 2.97. The molecule has 0 radical (unpaired) electrons. The van der Waals surface area contributed by atoms with Crippen LogP contribution in [0.3, 0.4) is 0 Å². The summed E-state index contributed by atoms with van der Waals surface area (Å²) in [6, 6.07) is 14.4. The van der Waals surface area contributed by atoms with Crippen LogP contribution in [-0.4, -0.2) is 47.4 Å². The maximum absolute atomic E-state index is 12.4. The highest BCUT2D eigenvalue weighted by atomic mass is 32.2. The molecule has 7 nitrogen and oxygen atoms in total. The number of amides is 1. The van der Waals surface area contributed by atoms with Crippen molar-refractivity contribution in [3.63, 3.8) is 0 Å². The van der Waals surface area contributed by atoms with E-state index >= 15 is 0 Å². The second kappa shape index (κ2) is 9.84. The van der Waals surface area contributed by atoms with Gasteiger partial charge in [0.1, 0.15) is 24.7 Å². The molecule has 0 aliphatic carbocycles. The minimum absolute atomic E-state index is 0.0649. The van der Waals surface area contributed by atoms with E-state index in [1.54, 1.807) is 24.3 Å². The van der Waals surface area contributed by atoms with Crippen LogP contribution in [0.15, 0.2) is 48.5 Å². The number of hydrogen-bond acceptors (Lipinski definition) is 5. The third-order valence-corrected chi connectivity index (χ3v) is 5.54. The number of hydrogen-bond donors (Lipinski definition) is 1. The average Bonchev–Trinajstić information content (AvgIpc) is 2.68. The van der Waals surface area contributed by atoms with E-state index in [-0.39, 0.29) is 25.1 Å². The van der Waals surface area contributed by atoms with Crippen molar-refractivity contribution in [2.75, 3.05) is 37.4 Å². The van der Waals surface area contributed by atoms with Crippen molar-refractivity contribution in [1.29, 1.82) is 0 Å². The molecule has 0 heterocycles. The maximum atomic E-state index is 12.4. The smallest absolute Gasteiger partial charge is 0.240 e. The Bertz CT molecular complexity index is 967. The number of sulfonamides is 1. The molecular formula is C22H30N2O5S. The number of anilines is 1. The zero-order valence-corrected chi connectivity index (χ0v) is 19.0. The van der Waals surface area contributed by atoms with Crippen molar-refractivity contribution in [3.05, 3.63) is 54.1 Å². The van der Waals surface area contributed by atoms with E-state index < -0.39 is 15.9 Å². The normalized spacial score (nSPS) is 11.6. The van der Waals surface area contributed by atoms with Crippen molar-refractivity contribution in [3.8, 4) is 11.5 Å². The van der Waals surface area contributed by atoms with Crippen molar-refractivity contribution >= 4 is 21.6 Å². The summed E-state index contributed by atoms with van der Waals surface area (Å²) in [5.74, 6) is 0.711. The molecule has 1 amide bonds. The number of para-hydroxylation sites is 3. The van der Waals surface area contributed by atoms with Crippen molar-refractivity contribution < 1.29 is 22.7 Å². The first-order valence-corrected chi connectivity index (χ1v) is 11.5. The summed E-state index contributed by atoms with van der Waals surface area (Å²) in [5, 5.41) is 2.71. The molecular weight excluding hydrogens is 404 g/mol. The number of carbonyl (C=O) groups is 1. The summed E-state index contributed by atoms with van der Waals surface area (Å²) < 4.78 is 36.6. The molecule has 0 fully saturated rings. The van der Waals surface area contributed by atoms with Crippen LogP contribution in [0.1, 0.15) is 26.3 Å². The molecule has 0 bridgehead atoms. The molecule has 0 aliphatic heterocycles. The van der Waals surface area contributed by atoms with Crippen LogP contribution in [0.2, 0.25) is 0 Å². The number of ether oxygens (including phenoxy) is 2. The summed E-state index contributed by atoms with van der Waals surface area (Å²) in [6.45, 7) is 6.49. The highest BCUT2D eigenvalue weighted by molar-refractivity contribution is 7.92. The molecule has 8 heteroatoms. The molecule has 164 valence electrons. The van der Waals surface area contributed by atoms with Gasteiger partial charge in [-0.25, -0.2) is 8.42 Å². The van der Waals surface area contributed by atoms with Crippen LogP contribution in [0.4, 0.5) is 5.69 Å². The van der Waals surface area contributed by atoms with Gasteiger partial charge in [0.2, 0.25) is 15.9 Å². The number of benzene rings is 2. The molecule has 2 aromatic rings. The summed E-state index contributed by atoms with van der Waals surface area (Å²) in [5.41, 5.74) is 1.33. The van der Waals surface area contributed by atoms with E-state index in [9.17, 15) is 13.2 Å². The van der Waals surface area contributed by atoms with Crippen molar-refractivity contribution in [2.45, 2.75) is 26.2 Å². The maximum Gasteiger partial charge on any atom is 0.240 e. The Hall–Kier alpha value is -2.74. The van der Waals surface area contributed by atoms with Gasteiger partial charge in [-0.15, -0.1) is 0 Å². The number of methoxy groups -OCH3 is 1. The summed E-state index contributed by atoms with van der Waals surface area (Å²) in [4.78, 5) is 12.4. The third kappa shape index (κ3) is 6.38. The molecule has 0 aliphatic rings. The number of nitrogens with one attached hydrogen (secondary N) is 1. The highest BCUT2D eigenvalue weighted by Gasteiger charge is 2.23. The Morgan fingerprint density at radius 2 is 1.63 bits per heavy atom. The van der Waals surface area contributed by atoms with Crippen molar-refractivity contribution in [2.24, 2.45) is 0 Å². The van der Waals surface area contributed by atoms with Crippen LogP contribution >= 0.6 is 0 Å². The summed E-state index contributed by atoms with van der Waals surface area (Å²) in [6.07, 6.45) is 1.05. The molecule has 2 rings (SSSR count).